The van der Waals surface area contributed by atoms with Crippen LogP contribution in [0.1, 0.15) is 44.6 Å². The van der Waals surface area contributed by atoms with E-state index in [1.165, 1.54) is 21.5 Å². The molecule has 0 amide bonds. The van der Waals surface area contributed by atoms with Gasteiger partial charge in [0.15, 0.2) is 0 Å². The monoisotopic (exact) mass is 462 g/mol. The zero-order chi connectivity index (χ0) is 22.9. The van der Waals surface area contributed by atoms with Gasteiger partial charge < -0.3 is 15.2 Å². The van der Waals surface area contributed by atoms with E-state index < -0.39 is 21.7 Å². The van der Waals surface area contributed by atoms with Crippen LogP contribution in [0.4, 0.5) is 5.95 Å². The fourth-order valence-corrected chi connectivity index (χ4v) is 5.35. The molecule has 2 fully saturated rings. The molecule has 2 aromatic rings. The van der Waals surface area contributed by atoms with Gasteiger partial charge in [0, 0.05) is 26.2 Å². The number of sulfonamides is 1. The van der Waals surface area contributed by atoms with Crippen LogP contribution in [0.3, 0.4) is 0 Å². The molecular weight excluding hydrogens is 436 g/mol. The first-order valence-corrected chi connectivity index (χ1v) is 11.9. The van der Waals surface area contributed by atoms with Crippen molar-refractivity contribution in [2.45, 2.75) is 61.9 Å². The predicted octanol–water partition coefficient (Wildman–Crippen LogP) is 0.424. The third kappa shape index (κ3) is 4.52. The number of nitriles is 1. The number of aryl methyl sites for hydroxylation is 1. The molecule has 4 rings (SSSR count). The van der Waals surface area contributed by atoms with Crippen molar-refractivity contribution in [3.63, 3.8) is 0 Å². The first-order chi connectivity index (χ1) is 15.2. The first kappa shape index (κ1) is 22.4. The second kappa shape index (κ2) is 8.61. The summed E-state index contributed by atoms with van der Waals surface area (Å²) in [5.41, 5.74) is -0.770. The standard InChI is InChI=1S/C19H26N8O4S/c1-19(28)7-3-4-15(19)31-16-13(10-20)11-21-17(24-16)23-14-5-8-27(9-6-14)32(29,30)18-22-12-26(2)25-18/h11-12,14-15,28H,3-9H2,1-2H3,(H,21,23,24)/t15-,19+/m1/s1. The van der Waals surface area contributed by atoms with Crippen LogP contribution in [0, 0.1) is 11.3 Å². The lowest BCUT2D eigenvalue weighted by Gasteiger charge is -2.31. The van der Waals surface area contributed by atoms with Gasteiger partial charge in [0.25, 0.3) is 15.2 Å². The Morgan fingerprint density at radius 1 is 1.31 bits per heavy atom. The molecule has 12 nitrogen and oxygen atoms in total. The Bertz CT molecular complexity index is 1120. The number of rotatable bonds is 6. The first-order valence-electron chi connectivity index (χ1n) is 10.5. The summed E-state index contributed by atoms with van der Waals surface area (Å²) in [5, 5.41) is 26.7. The average molecular weight is 463 g/mol. The maximum atomic E-state index is 12.7. The van der Waals surface area contributed by atoms with E-state index in [1.54, 1.807) is 14.0 Å². The average Bonchev–Trinajstić information content (AvgIpc) is 3.34. The van der Waals surface area contributed by atoms with Crippen LogP contribution in [0.5, 0.6) is 5.88 Å². The number of nitrogens with one attached hydrogen (secondary N) is 1. The maximum Gasteiger partial charge on any atom is 0.282 e. The molecule has 1 saturated heterocycles. The summed E-state index contributed by atoms with van der Waals surface area (Å²) < 4.78 is 34.0. The molecule has 2 atom stereocenters. The highest BCUT2D eigenvalue weighted by atomic mass is 32.2. The van der Waals surface area contributed by atoms with Crippen LogP contribution < -0.4 is 10.1 Å². The van der Waals surface area contributed by atoms with Crippen molar-refractivity contribution in [2.24, 2.45) is 7.05 Å². The molecule has 13 heteroatoms. The number of hydrogen-bond acceptors (Lipinski definition) is 10. The Morgan fingerprint density at radius 3 is 2.66 bits per heavy atom. The van der Waals surface area contributed by atoms with E-state index in [1.807, 2.05) is 6.07 Å². The second-order valence-electron chi connectivity index (χ2n) is 8.40. The number of nitrogens with zero attached hydrogens (tertiary/aromatic N) is 7. The Hall–Kier alpha value is -2.82. The molecule has 0 unspecified atom stereocenters. The van der Waals surface area contributed by atoms with E-state index in [0.717, 1.165) is 6.42 Å². The molecule has 32 heavy (non-hydrogen) atoms. The maximum absolute atomic E-state index is 12.7. The Kier molecular flexibility index (Phi) is 6.02. The zero-order valence-electron chi connectivity index (χ0n) is 18.0. The normalized spacial score (nSPS) is 24.9. The number of ether oxygens (including phenoxy) is 1. The molecule has 2 N–H and O–H groups in total. The van der Waals surface area contributed by atoms with Gasteiger partial charge in [-0.2, -0.15) is 14.6 Å². The van der Waals surface area contributed by atoms with Gasteiger partial charge in [0.05, 0.1) is 11.8 Å². The minimum absolute atomic E-state index is 0.0477. The summed E-state index contributed by atoms with van der Waals surface area (Å²) in [5.74, 6) is 0.433. The van der Waals surface area contributed by atoms with Gasteiger partial charge in [-0.15, -0.1) is 5.10 Å². The predicted molar refractivity (Wildman–Crippen MR) is 112 cm³/mol. The molecule has 0 radical (unpaired) electrons. The highest BCUT2D eigenvalue weighted by Crippen LogP contribution is 2.33. The summed E-state index contributed by atoms with van der Waals surface area (Å²) in [7, 11) is -2.11. The van der Waals surface area contributed by atoms with Crippen LogP contribution in [-0.2, 0) is 17.1 Å². The number of piperidine rings is 1. The summed E-state index contributed by atoms with van der Waals surface area (Å²) in [6.45, 7) is 2.34. The van der Waals surface area contributed by atoms with Gasteiger partial charge >= 0.3 is 0 Å². The molecular formula is C19H26N8O4S. The third-order valence-corrected chi connectivity index (χ3v) is 7.60. The number of aromatic nitrogens is 5. The van der Waals surface area contributed by atoms with Gasteiger partial charge in [-0.05, 0) is 39.0 Å². The van der Waals surface area contributed by atoms with Crippen molar-refractivity contribution in [1.82, 2.24) is 29.0 Å². The number of hydrogen-bond donors (Lipinski definition) is 2. The van der Waals surface area contributed by atoms with Gasteiger partial charge in [-0.3, -0.25) is 4.68 Å². The minimum Gasteiger partial charge on any atom is -0.470 e. The van der Waals surface area contributed by atoms with E-state index in [4.69, 9.17) is 4.74 Å². The van der Waals surface area contributed by atoms with Crippen molar-refractivity contribution in [1.29, 1.82) is 5.26 Å². The zero-order valence-corrected chi connectivity index (χ0v) is 18.8. The Balaban J connectivity index is 1.40. The second-order valence-corrected chi connectivity index (χ2v) is 10.2. The molecule has 0 bridgehead atoms. The molecule has 0 aromatic carbocycles. The van der Waals surface area contributed by atoms with E-state index >= 15 is 0 Å². The van der Waals surface area contributed by atoms with Crippen LogP contribution in [0.25, 0.3) is 0 Å². The Labute approximate surface area is 186 Å². The summed E-state index contributed by atoms with van der Waals surface area (Å²) in [6, 6.07) is 1.97. The van der Waals surface area contributed by atoms with Crippen LogP contribution in [0.15, 0.2) is 17.7 Å². The van der Waals surface area contributed by atoms with Crippen molar-refractivity contribution in [2.75, 3.05) is 18.4 Å². The smallest absolute Gasteiger partial charge is 0.282 e. The highest BCUT2D eigenvalue weighted by molar-refractivity contribution is 7.88. The number of anilines is 1. The molecule has 2 aromatic heterocycles. The molecule has 1 aliphatic heterocycles. The molecule has 1 aliphatic carbocycles. The SMILES string of the molecule is Cn1cnc(S(=O)(=O)N2CCC(Nc3ncc(C#N)c(O[C@@H]4CCC[C@]4(C)O)n3)CC2)n1. The van der Waals surface area contributed by atoms with Crippen LogP contribution >= 0.6 is 0 Å². The minimum atomic E-state index is -3.73. The van der Waals surface area contributed by atoms with Crippen molar-refractivity contribution >= 4 is 16.0 Å². The molecule has 172 valence electrons. The quantitative estimate of drug-likeness (QED) is 0.616. The van der Waals surface area contributed by atoms with Gasteiger partial charge in [0.1, 0.15) is 24.1 Å². The fourth-order valence-electron chi connectivity index (χ4n) is 4.02. The van der Waals surface area contributed by atoms with E-state index in [0.29, 0.717) is 44.7 Å². The molecule has 0 spiro atoms. The third-order valence-electron chi connectivity index (χ3n) is 5.91. The lowest BCUT2D eigenvalue weighted by Crippen LogP contribution is -2.43. The fraction of sp³-hybridized carbons (Fsp3) is 0.632. The molecule has 3 heterocycles. The van der Waals surface area contributed by atoms with Gasteiger partial charge in [-0.25, -0.2) is 18.4 Å². The van der Waals surface area contributed by atoms with Gasteiger partial charge in [0.2, 0.25) is 11.8 Å². The van der Waals surface area contributed by atoms with Crippen molar-refractivity contribution in [3.8, 4) is 11.9 Å². The highest BCUT2D eigenvalue weighted by Gasteiger charge is 2.39. The number of aliphatic hydroxyl groups is 1. The van der Waals surface area contributed by atoms with E-state index in [2.05, 4.69) is 25.4 Å². The van der Waals surface area contributed by atoms with Crippen molar-refractivity contribution < 1.29 is 18.3 Å². The lowest BCUT2D eigenvalue weighted by atomic mass is 10.0. The van der Waals surface area contributed by atoms with E-state index in [-0.39, 0.29) is 22.6 Å². The van der Waals surface area contributed by atoms with Gasteiger partial charge in [-0.1, -0.05) is 0 Å². The summed E-state index contributed by atoms with van der Waals surface area (Å²) in [4.78, 5) is 12.4. The summed E-state index contributed by atoms with van der Waals surface area (Å²) >= 11 is 0. The van der Waals surface area contributed by atoms with Crippen LogP contribution in [-0.4, -0.2) is 73.4 Å². The lowest BCUT2D eigenvalue weighted by molar-refractivity contribution is -0.0271. The topological polar surface area (TPSA) is 159 Å². The Morgan fingerprint density at radius 2 is 2.06 bits per heavy atom. The molecule has 1 saturated carbocycles. The van der Waals surface area contributed by atoms with Crippen LogP contribution in [0.2, 0.25) is 0 Å². The summed E-state index contributed by atoms with van der Waals surface area (Å²) in [6.07, 6.45) is 5.55. The molecule has 2 aliphatic rings. The largest absolute Gasteiger partial charge is 0.470 e. The van der Waals surface area contributed by atoms with E-state index in [9.17, 15) is 18.8 Å². The van der Waals surface area contributed by atoms with Crippen molar-refractivity contribution in [3.05, 3.63) is 18.1 Å².